The smallest absolute Gasteiger partial charge is 0.128 e. The maximum atomic E-state index is 14.2. The molecule has 0 saturated heterocycles. The quantitative estimate of drug-likeness (QED) is 0.646. The molecule has 0 aromatic heterocycles. The lowest BCUT2D eigenvalue weighted by atomic mass is 9.73. The molecule has 0 radical (unpaired) electrons. The Morgan fingerprint density at radius 3 is 2.90 bits per heavy atom. The van der Waals surface area contributed by atoms with Crippen LogP contribution in [0.3, 0.4) is 0 Å². The van der Waals surface area contributed by atoms with Gasteiger partial charge in [-0.1, -0.05) is 35.7 Å². The molecule has 1 fully saturated rings. The summed E-state index contributed by atoms with van der Waals surface area (Å²) in [7, 11) is 1.69. The Bertz CT molecular complexity index is 471. The molecule has 1 aromatic carbocycles. The second-order valence-electron chi connectivity index (χ2n) is 5.74. The van der Waals surface area contributed by atoms with Gasteiger partial charge in [0.15, 0.2) is 0 Å². The molecule has 0 amide bonds. The van der Waals surface area contributed by atoms with Crippen LogP contribution in [0, 0.1) is 11.7 Å². The lowest BCUT2D eigenvalue weighted by molar-refractivity contribution is -0.0813. The van der Waals surface area contributed by atoms with E-state index in [2.05, 4.69) is 28.3 Å². The molecule has 112 valence electrons. The number of ether oxygens (including phenoxy) is 1. The highest BCUT2D eigenvalue weighted by Gasteiger charge is 2.43. The molecule has 3 N–H and O–H groups in total. The number of halogens is 2. The van der Waals surface area contributed by atoms with Crippen molar-refractivity contribution in [3.63, 3.8) is 0 Å². The van der Waals surface area contributed by atoms with Crippen LogP contribution in [0.15, 0.2) is 22.7 Å². The van der Waals surface area contributed by atoms with Crippen molar-refractivity contribution in [3.05, 3.63) is 34.1 Å². The van der Waals surface area contributed by atoms with Crippen molar-refractivity contribution in [1.82, 2.24) is 5.43 Å². The van der Waals surface area contributed by atoms with Gasteiger partial charge in [-0.05, 0) is 37.0 Å². The average Bonchev–Trinajstić information content (AvgIpc) is 2.43. The summed E-state index contributed by atoms with van der Waals surface area (Å²) in [6.07, 6.45) is 4.02. The Hall–Kier alpha value is -0.490. The number of methoxy groups -OCH3 is 1. The maximum Gasteiger partial charge on any atom is 0.128 e. The van der Waals surface area contributed by atoms with E-state index in [-0.39, 0.29) is 11.9 Å². The van der Waals surface area contributed by atoms with E-state index in [1.807, 2.05) is 0 Å². The molecule has 1 saturated carbocycles. The summed E-state index contributed by atoms with van der Waals surface area (Å²) in [6, 6.07) is 4.57. The van der Waals surface area contributed by atoms with Crippen molar-refractivity contribution in [2.24, 2.45) is 11.8 Å². The zero-order valence-electron chi connectivity index (χ0n) is 12.0. The molecular formula is C15H22BrFN2O. The number of rotatable bonds is 4. The van der Waals surface area contributed by atoms with E-state index in [9.17, 15) is 4.39 Å². The highest BCUT2D eigenvalue weighted by Crippen LogP contribution is 2.43. The number of hydrazine groups is 1. The standard InChI is InChI=1S/C15H22BrFN2O/c1-10-4-3-7-15(9-10,20-2)14(19-18)12-8-11(16)5-6-13(12)17/h5-6,8,10,14,19H,3-4,7,9,18H2,1-2H3. The van der Waals surface area contributed by atoms with Crippen molar-refractivity contribution in [2.45, 2.75) is 44.2 Å². The summed E-state index contributed by atoms with van der Waals surface area (Å²) in [5.74, 6) is 6.04. The summed E-state index contributed by atoms with van der Waals surface area (Å²) in [6.45, 7) is 2.21. The second kappa shape index (κ2) is 6.52. The highest BCUT2D eigenvalue weighted by atomic mass is 79.9. The minimum absolute atomic E-state index is 0.259. The molecule has 3 nitrogen and oxygen atoms in total. The van der Waals surface area contributed by atoms with Gasteiger partial charge in [-0.25, -0.2) is 9.82 Å². The first kappa shape index (κ1) is 15.9. The Morgan fingerprint density at radius 1 is 1.55 bits per heavy atom. The van der Waals surface area contributed by atoms with Gasteiger partial charge in [0, 0.05) is 17.1 Å². The van der Waals surface area contributed by atoms with Crippen molar-refractivity contribution in [1.29, 1.82) is 0 Å². The highest BCUT2D eigenvalue weighted by molar-refractivity contribution is 9.10. The van der Waals surface area contributed by atoms with E-state index in [1.165, 1.54) is 12.5 Å². The first-order valence-electron chi connectivity index (χ1n) is 6.98. The molecular weight excluding hydrogens is 323 g/mol. The molecule has 3 unspecified atom stereocenters. The van der Waals surface area contributed by atoms with Gasteiger partial charge in [0.1, 0.15) is 5.82 Å². The largest absolute Gasteiger partial charge is 0.376 e. The third-order valence-corrected chi connectivity index (χ3v) is 4.85. The third kappa shape index (κ3) is 3.06. The summed E-state index contributed by atoms with van der Waals surface area (Å²) in [5.41, 5.74) is 2.89. The lowest BCUT2D eigenvalue weighted by Crippen LogP contribution is -2.50. The van der Waals surface area contributed by atoms with Crippen LogP contribution in [0.2, 0.25) is 0 Å². The molecule has 0 bridgehead atoms. The van der Waals surface area contributed by atoms with E-state index in [4.69, 9.17) is 10.6 Å². The molecule has 2 rings (SSSR count). The molecule has 20 heavy (non-hydrogen) atoms. The maximum absolute atomic E-state index is 14.2. The number of benzene rings is 1. The Morgan fingerprint density at radius 2 is 2.30 bits per heavy atom. The zero-order valence-corrected chi connectivity index (χ0v) is 13.5. The van der Waals surface area contributed by atoms with Gasteiger partial charge in [-0.15, -0.1) is 0 Å². The van der Waals surface area contributed by atoms with Crippen LogP contribution in [-0.2, 0) is 4.74 Å². The van der Waals surface area contributed by atoms with Crippen molar-refractivity contribution in [2.75, 3.05) is 7.11 Å². The van der Waals surface area contributed by atoms with Crippen LogP contribution < -0.4 is 11.3 Å². The number of hydrogen-bond donors (Lipinski definition) is 2. The van der Waals surface area contributed by atoms with E-state index in [1.54, 1.807) is 19.2 Å². The van der Waals surface area contributed by atoms with Gasteiger partial charge in [-0.3, -0.25) is 5.84 Å². The first-order valence-corrected chi connectivity index (χ1v) is 7.78. The van der Waals surface area contributed by atoms with Crippen LogP contribution in [-0.4, -0.2) is 12.7 Å². The Balaban J connectivity index is 2.41. The van der Waals surface area contributed by atoms with Crippen molar-refractivity contribution in [3.8, 4) is 0 Å². The van der Waals surface area contributed by atoms with Crippen molar-refractivity contribution >= 4 is 15.9 Å². The lowest BCUT2D eigenvalue weighted by Gasteiger charge is -2.44. The van der Waals surface area contributed by atoms with E-state index in [0.29, 0.717) is 11.5 Å². The minimum atomic E-state index is -0.450. The topological polar surface area (TPSA) is 47.3 Å². The van der Waals surface area contributed by atoms with E-state index in [0.717, 1.165) is 23.7 Å². The summed E-state index contributed by atoms with van der Waals surface area (Å²) >= 11 is 3.39. The molecule has 5 heteroatoms. The fourth-order valence-corrected chi connectivity index (χ4v) is 3.75. The predicted octanol–water partition coefficient (Wildman–Crippen LogP) is 3.69. The average molecular weight is 345 g/mol. The van der Waals surface area contributed by atoms with Crippen LogP contribution in [0.1, 0.15) is 44.2 Å². The Labute approximate surface area is 128 Å². The van der Waals surface area contributed by atoms with E-state index < -0.39 is 5.60 Å². The fourth-order valence-electron chi connectivity index (χ4n) is 3.37. The van der Waals surface area contributed by atoms with Gasteiger partial charge in [-0.2, -0.15) is 0 Å². The van der Waals surface area contributed by atoms with Gasteiger partial charge in [0.25, 0.3) is 0 Å². The number of hydrogen-bond acceptors (Lipinski definition) is 3. The molecule has 1 aliphatic carbocycles. The molecule has 0 spiro atoms. The normalized spacial score (nSPS) is 28.4. The van der Waals surface area contributed by atoms with Gasteiger partial charge in [0.2, 0.25) is 0 Å². The molecule has 0 aliphatic heterocycles. The first-order chi connectivity index (χ1) is 9.52. The van der Waals surface area contributed by atoms with E-state index >= 15 is 0 Å². The van der Waals surface area contributed by atoms with Crippen LogP contribution in [0.25, 0.3) is 0 Å². The van der Waals surface area contributed by atoms with Crippen LogP contribution >= 0.6 is 15.9 Å². The molecule has 1 aliphatic rings. The number of nitrogens with one attached hydrogen (secondary N) is 1. The fraction of sp³-hybridized carbons (Fsp3) is 0.600. The molecule has 0 heterocycles. The van der Waals surface area contributed by atoms with Gasteiger partial charge < -0.3 is 4.74 Å². The van der Waals surface area contributed by atoms with Gasteiger partial charge >= 0.3 is 0 Å². The third-order valence-electron chi connectivity index (χ3n) is 4.36. The van der Waals surface area contributed by atoms with Crippen LogP contribution in [0.4, 0.5) is 4.39 Å². The van der Waals surface area contributed by atoms with Gasteiger partial charge in [0.05, 0.1) is 11.6 Å². The molecule has 3 atom stereocenters. The second-order valence-corrected chi connectivity index (χ2v) is 6.65. The van der Waals surface area contributed by atoms with Crippen LogP contribution in [0.5, 0.6) is 0 Å². The summed E-state index contributed by atoms with van der Waals surface area (Å²) in [4.78, 5) is 0. The minimum Gasteiger partial charge on any atom is -0.376 e. The van der Waals surface area contributed by atoms with Crippen molar-refractivity contribution < 1.29 is 9.13 Å². The summed E-state index contributed by atoms with van der Waals surface area (Å²) in [5, 5.41) is 0. The SMILES string of the molecule is COC1(C(NN)c2cc(Br)ccc2F)CCCC(C)C1. The Kier molecular flexibility index (Phi) is 5.18. The number of nitrogens with two attached hydrogens (primary N) is 1. The molecule has 1 aromatic rings. The summed E-state index contributed by atoms with van der Waals surface area (Å²) < 4.78 is 20.9. The zero-order chi connectivity index (χ0) is 14.8. The predicted molar refractivity (Wildman–Crippen MR) is 81.5 cm³/mol. The monoisotopic (exact) mass is 344 g/mol.